The molecule has 0 radical (unpaired) electrons. The number of nitro benzene ring substituents is 1. The summed E-state index contributed by atoms with van der Waals surface area (Å²) in [7, 11) is 2.04. The Morgan fingerprint density at radius 3 is 2.27 bits per heavy atom. The third-order valence-corrected chi connectivity index (χ3v) is 7.71. The lowest BCUT2D eigenvalue weighted by molar-refractivity contribution is -0.385. The molecule has 0 N–H and O–H groups in total. The average Bonchev–Trinajstić information content (AvgIpc) is 3.04. The Bertz CT molecular complexity index is 1170. The summed E-state index contributed by atoms with van der Waals surface area (Å²) in [5.74, 6) is 0.683. The lowest BCUT2D eigenvalue weighted by Gasteiger charge is -2.46. The number of nitrogens with zero attached hydrogens (tertiary/aromatic N) is 3. The highest BCUT2D eigenvalue weighted by atomic mass is 16.6. The Labute approximate surface area is 217 Å². The van der Waals surface area contributed by atoms with Crippen molar-refractivity contribution in [3.8, 4) is 5.75 Å². The first-order valence-electron chi connectivity index (χ1n) is 12.8. The Morgan fingerprint density at radius 2 is 1.62 bits per heavy atom. The van der Waals surface area contributed by atoms with Crippen molar-refractivity contribution in [1.29, 1.82) is 0 Å². The first-order chi connectivity index (χ1) is 17.8. The van der Waals surface area contributed by atoms with Gasteiger partial charge in [0.15, 0.2) is 0 Å². The van der Waals surface area contributed by atoms with Gasteiger partial charge < -0.3 is 23.8 Å². The highest BCUT2D eigenvalue weighted by Crippen LogP contribution is 2.54. The third kappa shape index (κ3) is 4.72. The van der Waals surface area contributed by atoms with Crippen LogP contribution in [0.15, 0.2) is 42.5 Å². The van der Waals surface area contributed by atoms with Gasteiger partial charge in [-0.15, -0.1) is 0 Å². The molecule has 0 amide bonds. The molecule has 9 heteroatoms. The normalized spacial score (nSPS) is 24.0. The molecule has 3 aliphatic heterocycles. The van der Waals surface area contributed by atoms with Crippen LogP contribution in [0.3, 0.4) is 0 Å². The predicted molar refractivity (Wildman–Crippen MR) is 141 cm³/mol. The van der Waals surface area contributed by atoms with Gasteiger partial charge in [0.05, 0.1) is 50.0 Å². The van der Waals surface area contributed by atoms with Crippen molar-refractivity contribution in [2.45, 2.75) is 31.5 Å². The molecular weight excluding hydrogens is 474 g/mol. The molecule has 2 aromatic carbocycles. The summed E-state index contributed by atoms with van der Waals surface area (Å²) in [6.45, 7) is 9.38. The second kappa shape index (κ2) is 10.4. The van der Waals surface area contributed by atoms with Crippen molar-refractivity contribution < 1.29 is 23.9 Å². The van der Waals surface area contributed by atoms with Gasteiger partial charge in [-0.2, -0.15) is 0 Å². The van der Waals surface area contributed by atoms with Crippen LogP contribution in [-0.2, 0) is 26.2 Å². The quantitative estimate of drug-likeness (QED) is 0.454. The van der Waals surface area contributed by atoms with Gasteiger partial charge in [-0.05, 0) is 37.6 Å². The van der Waals surface area contributed by atoms with E-state index in [1.807, 2.05) is 25.3 Å². The Morgan fingerprint density at radius 1 is 0.973 bits per heavy atom. The molecule has 3 aliphatic rings. The van der Waals surface area contributed by atoms with Gasteiger partial charge in [-0.25, -0.2) is 0 Å². The smallest absolute Gasteiger partial charge is 0.270 e. The van der Waals surface area contributed by atoms with Gasteiger partial charge in [0.25, 0.3) is 5.69 Å². The standard InChI is InChI=1S/C28H35N3O6/c1-27(2)24-6-4-5-7-25(24)29(3)28(27)9-8-21-18-23(31(32)33)19-22(26(21)37-28)20-30-10-12-34-14-16-36-17-15-35-13-11-30/h4-9,18-19H,10-17,20H2,1-3H3. The minimum absolute atomic E-state index is 0.0549. The molecule has 0 aliphatic carbocycles. The number of non-ortho nitro benzene ring substituents is 1. The van der Waals surface area contributed by atoms with Crippen LogP contribution in [0.5, 0.6) is 5.75 Å². The fourth-order valence-corrected chi connectivity index (χ4v) is 5.60. The zero-order chi connectivity index (χ0) is 26.0. The van der Waals surface area contributed by atoms with E-state index in [1.54, 1.807) is 12.1 Å². The maximum atomic E-state index is 11.8. The van der Waals surface area contributed by atoms with E-state index in [1.165, 1.54) is 5.56 Å². The average molecular weight is 510 g/mol. The molecule has 37 heavy (non-hydrogen) atoms. The molecule has 9 nitrogen and oxygen atoms in total. The maximum Gasteiger partial charge on any atom is 0.270 e. The van der Waals surface area contributed by atoms with Gasteiger partial charge in [0, 0.05) is 55.6 Å². The highest BCUT2D eigenvalue weighted by Gasteiger charge is 2.57. The lowest BCUT2D eigenvalue weighted by Crippen LogP contribution is -2.58. The van der Waals surface area contributed by atoms with Crippen LogP contribution < -0.4 is 9.64 Å². The van der Waals surface area contributed by atoms with Crippen molar-refractivity contribution in [3.05, 3.63) is 69.3 Å². The van der Waals surface area contributed by atoms with E-state index in [0.717, 1.165) is 11.3 Å². The SMILES string of the molecule is CN1c2ccccc2C(C)(C)C12C=Cc1cc([N+](=O)[O-])cc(CN3CCOCCOCCOCC3)c1O2. The second-order valence-corrected chi connectivity index (χ2v) is 10.2. The zero-order valence-corrected chi connectivity index (χ0v) is 21.8. The van der Waals surface area contributed by atoms with Crippen LogP contribution in [-0.4, -0.2) is 75.3 Å². The Kier molecular flexibility index (Phi) is 7.22. The van der Waals surface area contributed by atoms with Crippen LogP contribution in [0.25, 0.3) is 6.08 Å². The summed E-state index contributed by atoms with van der Waals surface area (Å²) in [6, 6.07) is 11.6. The van der Waals surface area contributed by atoms with Crippen molar-refractivity contribution in [2.24, 2.45) is 0 Å². The van der Waals surface area contributed by atoms with E-state index in [2.05, 4.69) is 41.8 Å². The van der Waals surface area contributed by atoms with Crippen molar-refractivity contribution >= 4 is 17.5 Å². The first kappa shape index (κ1) is 25.7. The molecular formula is C28H35N3O6. The molecule has 1 saturated heterocycles. The van der Waals surface area contributed by atoms with Gasteiger partial charge in [-0.1, -0.05) is 18.2 Å². The van der Waals surface area contributed by atoms with Crippen LogP contribution in [0, 0.1) is 10.1 Å². The van der Waals surface area contributed by atoms with Crippen LogP contribution in [0.4, 0.5) is 11.4 Å². The van der Waals surface area contributed by atoms with E-state index >= 15 is 0 Å². The zero-order valence-electron chi connectivity index (χ0n) is 21.8. The van der Waals surface area contributed by atoms with Gasteiger partial charge in [0.1, 0.15) is 5.75 Å². The summed E-state index contributed by atoms with van der Waals surface area (Å²) in [5.41, 5.74) is 2.75. The summed E-state index contributed by atoms with van der Waals surface area (Å²) < 4.78 is 23.9. The molecule has 0 aromatic heterocycles. The molecule has 198 valence electrons. The topological polar surface area (TPSA) is 86.5 Å². The molecule has 1 fully saturated rings. The number of likely N-dealkylation sites (N-methyl/N-ethyl adjacent to an activating group) is 1. The summed E-state index contributed by atoms with van der Waals surface area (Å²) >= 11 is 0. The number of rotatable bonds is 3. The highest BCUT2D eigenvalue weighted by molar-refractivity contribution is 5.73. The van der Waals surface area contributed by atoms with Crippen LogP contribution in [0.2, 0.25) is 0 Å². The number of benzene rings is 2. The predicted octanol–water partition coefficient (Wildman–Crippen LogP) is 3.99. The molecule has 0 bridgehead atoms. The van der Waals surface area contributed by atoms with Crippen LogP contribution in [0.1, 0.15) is 30.5 Å². The number of ether oxygens (including phenoxy) is 4. The number of hydrogen-bond acceptors (Lipinski definition) is 8. The molecule has 3 heterocycles. The molecule has 1 spiro atoms. The first-order valence-corrected chi connectivity index (χ1v) is 12.8. The molecule has 2 aromatic rings. The van der Waals surface area contributed by atoms with Crippen molar-refractivity contribution in [3.63, 3.8) is 0 Å². The number of para-hydroxylation sites is 1. The number of anilines is 1. The molecule has 1 atom stereocenters. The second-order valence-electron chi connectivity index (χ2n) is 10.2. The Balaban J connectivity index is 1.49. The van der Waals surface area contributed by atoms with E-state index in [0.29, 0.717) is 70.6 Å². The number of fused-ring (bicyclic) bond motifs is 2. The van der Waals surface area contributed by atoms with Gasteiger partial charge in [-0.3, -0.25) is 15.0 Å². The van der Waals surface area contributed by atoms with Gasteiger partial charge in [0.2, 0.25) is 5.72 Å². The van der Waals surface area contributed by atoms with Crippen molar-refractivity contribution in [2.75, 3.05) is 64.7 Å². The summed E-state index contributed by atoms with van der Waals surface area (Å²) in [5, 5.41) is 11.8. The minimum Gasteiger partial charge on any atom is -0.462 e. The van der Waals surface area contributed by atoms with E-state index < -0.39 is 5.72 Å². The van der Waals surface area contributed by atoms with Gasteiger partial charge >= 0.3 is 0 Å². The molecule has 1 unspecified atom stereocenters. The van der Waals surface area contributed by atoms with E-state index in [4.69, 9.17) is 18.9 Å². The lowest BCUT2D eigenvalue weighted by atomic mass is 9.76. The number of hydrogen-bond donors (Lipinski definition) is 0. The fourth-order valence-electron chi connectivity index (χ4n) is 5.60. The maximum absolute atomic E-state index is 11.8. The minimum atomic E-state index is -0.761. The van der Waals surface area contributed by atoms with E-state index in [-0.39, 0.29) is 16.0 Å². The summed E-state index contributed by atoms with van der Waals surface area (Å²) in [4.78, 5) is 15.8. The Hall–Kier alpha value is -2.98. The molecule has 5 rings (SSSR count). The molecule has 0 saturated carbocycles. The fraction of sp³-hybridized carbons (Fsp3) is 0.500. The third-order valence-electron chi connectivity index (χ3n) is 7.71. The monoisotopic (exact) mass is 509 g/mol. The van der Waals surface area contributed by atoms with E-state index in [9.17, 15) is 10.1 Å². The largest absolute Gasteiger partial charge is 0.462 e. The van der Waals surface area contributed by atoms with Crippen LogP contribution >= 0.6 is 0 Å². The summed E-state index contributed by atoms with van der Waals surface area (Å²) in [6.07, 6.45) is 4.02. The number of nitro groups is 1. The van der Waals surface area contributed by atoms with Crippen molar-refractivity contribution in [1.82, 2.24) is 4.90 Å².